The minimum absolute atomic E-state index is 0. The molecule has 8 aliphatic rings. The first kappa shape index (κ1) is 94.9. The van der Waals surface area contributed by atoms with Gasteiger partial charge in [0.05, 0.1) is 57.7 Å². The average Bonchev–Trinajstić information content (AvgIpc) is 0.762. The Morgan fingerprint density at radius 2 is 0.597 bits per heavy atom. The Morgan fingerprint density at radius 3 is 0.831 bits per heavy atom. The van der Waals surface area contributed by atoms with Gasteiger partial charge in [-0.25, -0.2) is 35.1 Å². The molecular formula is C81H78Br2F8MgN12O20. The number of nitrogens with one attached hydrogen (secondary N) is 4. The fraction of sp³-hybridized carbons (Fsp3) is 0.358. The SMILES string of the molecule is COc1c2n(cc(C(=O)NCc3ccc(F)cc3F)c1=O)C1COCCCN(C1)C2=O.O=C(NCc1ccc(F)cc1F)c1cn2c(c(O)c1=O)C(=O)N1CCCOCC2C1.O=C(NCc1ccc(F)cc1F)c1cn2c(c(O)c1=O)C(=O)N1CCCOCC2C1.O=C(NCc1ccc(F)cc1F)c1cn2c(c(O)c1=O)C(=O)N1CCCOCC2C1.[Br-].[Br-].[Mg+2]. The summed E-state index contributed by atoms with van der Waals surface area (Å²) in [5.74, 6) is -14.0. The van der Waals surface area contributed by atoms with E-state index in [1.807, 2.05) is 0 Å². The Morgan fingerprint density at radius 1 is 0.371 bits per heavy atom. The predicted octanol–water partition coefficient (Wildman–Crippen LogP) is -1.35. The molecule has 654 valence electrons. The molecule has 0 spiro atoms. The number of pyridine rings is 4. The van der Waals surface area contributed by atoms with Crippen LogP contribution in [0.15, 0.2) is 117 Å². The Bertz CT molecular complexity index is 5340. The largest absolute Gasteiger partial charge is 2.00 e. The van der Waals surface area contributed by atoms with E-state index < -0.39 is 127 Å². The monoisotopic (exact) mass is 1870 g/mol. The summed E-state index contributed by atoms with van der Waals surface area (Å²) in [6, 6.07) is 10.4. The molecule has 8 amide bonds. The molecule has 43 heteroatoms. The van der Waals surface area contributed by atoms with Crippen molar-refractivity contribution < 1.29 is 146 Å². The van der Waals surface area contributed by atoms with Crippen molar-refractivity contribution in [2.24, 2.45) is 0 Å². The second kappa shape index (κ2) is 41.4. The van der Waals surface area contributed by atoms with Gasteiger partial charge in [0.15, 0.2) is 45.8 Å². The maximum absolute atomic E-state index is 13.8. The molecule has 4 unspecified atom stereocenters. The Balaban J connectivity index is 0.000000172. The quantitative estimate of drug-likeness (QED) is 0.0518. The third-order valence-electron chi connectivity index (χ3n) is 21.2. The molecule has 8 aromatic rings. The number of amides is 8. The maximum atomic E-state index is 13.8. The number of fused-ring (bicyclic) bond motifs is 16. The van der Waals surface area contributed by atoms with Crippen LogP contribution in [0.1, 0.15) is 155 Å². The molecule has 4 atom stereocenters. The van der Waals surface area contributed by atoms with Crippen molar-refractivity contribution in [2.45, 2.75) is 76.0 Å². The molecule has 0 radical (unpaired) electrons. The van der Waals surface area contributed by atoms with Crippen LogP contribution in [0.4, 0.5) is 35.1 Å². The van der Waals surface area contributed by atoms with Crippen molar-refractivity contribution in [1.82, 2.24) is 59.1 Å². The molecule has 32 nitrogen and oxygen atoms in total. The van der Waals surface area contributed by atoms with E-state index in [1.165, 1.54) is 69.9 Å². The summed E-state index contributed by atoms with van der Waals surface area (Å²) in [5.41, 5.74) is -5.41. The first-order valence-corrected chi connectivity index (χ1v) is 38.1. The Hall–Kier alpha value is -11.4. The summed E-state index contributed by atoms with van der Waals surface area (Å²) in [6.07, 6.45) is 7.60. The molecule has 0 saturated carbocycles. The fourth-order valence-electron chi connectivity index (χ4n) is 15.0. The molecular weight excluding hydrogens is 1800 g/mol. The van der Waals surface area contributed by atoms with Crippen LogP contribution in [0.5, 0.6) is 23.0 Å². The van der Waals surface area contributed by atoms with Crippen LogP contribution in [0.3, 0.4) is 0 Å². The number of nitrogens with zero attached hydrogens (tertiary/aromatic N) is 8. The van der Waals surface area contributed by atoms with E-state index in [9.17, 15) is 108 Å². The standard InChI is InChI=1S/C21H21F2N3O5.3C20H19F2N3O5.2BrH.Mg/c1-30-19-17-21(29)25-5-2-6-31-11-14(9-25)26(17)10-15(18(19)27)20(28)24-8-12-3-4-13(22)7-16(12)23;3*21-12-3-2-11(15(22)6-12)7-23-19(28)14-9-25-13-8-24(4-1-5-30-10-13)20(29)16(25)18(27)17(14)26;;;/h3-4,7,10,14H,2,5-6,8-9,11H2,1H3,(H,24,28);3*2-3,6,9,13,27H,1,4-5,7-8,10H2,(H,23,28);2*1H;/q;;;;;;+2/p-2. The summed E-state index contributed by atoms with van der Waals surface area (Å²) in [6.45, 7) is 5.07. The van der Waals surface area contributed by atoms with Crippen LogP contribution in [-0.4, -0.2) is 236 Å². The minimum atomic E-state index is -0.995. The van der Waals surface area contributed by atoms with E-state index >= 15 is 0 Å². The van der Waals surface area contributed by atoms with Crippen LogP contribution in [0, 0.1) is 46.5 Å². The fourth-order valence-corrected chi connectivity index (χ4v) is 15.0. The Kier molecular flexibility index (Phi) is 31.7. The number of rotatable bonds is 13. The van der Waals surface area contributed by atoms with E-state index in [1.54, 1.807) is 24.2 Å². The number of halogens is 10. The first-order valence-electron chi connectivity index (χ1n) is 38.1. The predicted molar refractivity (Wildman–Crippen MR) is 412 cm³/mol. The summed E-state index contributed by atoms with van der Waals surface area (Å²) >= 11 is 0. The third kappa shape index (κ3) is 20.5. The van der Waals surface area contributed by atoms with Gasteiger partial charge >= 0.3 is 23.1 Å². The molecule has 8 bridgehead atoms. The number of carbonyl (C=O) groups excluding carboxylic acids is 8. The number of hydrogen-bond donors (Lipinski definition) is 7. The van der Waals surface area contributed by atoms with Crippen molar-refractivity contribution in [3.63, 3.8) is 0 Å². The number of carbonyl (C=O) groups is 8. The van der Waals surface area contributed by atoms with Gasteiger partial charge in [0, 0.05) is 176 Å². The number of aromatic nitrogens is 4. The van der Waals surface area contributed by atoms with Gasteiger partial charge in [-0.1, -0.05) is 24.3 Å². The molecule has 16 rings (SSSR count). The Labute approximate surface area is 735 Å². The summed E-state index contributed by atoms with van der Waals surface area (Å²) < 4.78 is 141. The second-order valence-corrected chi connectivity index (χ2v) is 29.1. The molecule has 4 fully saturated rings. The van der Waals surface area contributed by atoms with Crippen LogP contribution in [0.25, 0.3) is 0 Å². The van der Waals surface area contributed by atoms with Crippen molar-refractivity contribution in [2.75, 3.05) is 112 Å². The number of methoxy groups -OCH3 is 1. The number of hydrogen-bond acceptors (Lipinski definition) is 20. The molecule has 4 aromatic carbocycles. The van der Waals surface area contributed by atoms with E-state index in [4.69, 9.17) is 23.7 Å². The van der Waals surface area contributed by atoms with Gasteiger partial charge < -0.3 is 132 Å². The zero-order valence-electron chi connectivity index (χ0n) is 65.9. The van der Waals surface area contributed by atoms with Gasteiger partial charge in [0.1, 0.15) is 68.8 Å². The molecule has 0 aliphatic carbocycles. The number of ether oxygens (including phenoxy) is 5. The van der Waals surface area contributed by atoms with Crippen LogP contribution < -0.4 is 81.7 Å². The van der Waals surface area contributed by atoms with Crippen molar-refractivity contribution in [1.29, 1.82) is 0 Å². The van der Waals surface area contributed by atoms with Gasteiger partial charge in [-0.15, -0.1) is 0 Å². The zero-order chi connectivity index (χ0) is 86.4. The van der Waals surface area contributed by atoms with Gasteiger partial charge in [-0.05, 0) is 49.9 Å². The second-order valence-electron chi connectivity index (χ2n) is 29.1. The van der Waals surface area contributed by atoms with E-state index in [2.05, 4.69) is 21.3 Å². The van der Waals surface area contributed by atoms with Crippen molar-refractivity contribution in [3.8, 4) is 23.0 Å². The van der Waals surface area contributed by atoms with Gasteiger partial charge in [-0.2, -0.15) is 0 Å². The van der Waals surface area contributed by atoms with Crippen LogP contribution in [0.2, 0.25) is 0 Å². The van der Waals surface area contributed by atoms with E-state index in [0.29, 0.717) is 135 Å². The van der Waals surface area contributed by atoms with Gasteiger partial charge in [0.2, 0.25) is 21.7 Å². The van der Waals surface area contributed by atoms with Crippen LogP contribution in [-0.2, 0) is 45.1 Å². The molecule has 124 heavy (non-hydrogen) atoms. The molecule has 4 aromatic heterocycles. The zero-order valence-corrected chi connectivity index (χ0v) is 70.5. The summed E-state index contributed by atoms with van der Waals surface area (Å²) in [4.78, 5) is 159. The van der Waals surface area contributed by atoms with E-state index in [-0.39, 0.29) is 206 Å². The summed E-state index contributed by atoms with van der Waals surface area (Å²) in [5, 5.41) is 40.9. The van der Waals surface area contributed by atoms with Crippen molar-refractivity contribution >= 4 is 70.3 Å². The van der Waals surface area contributed by atoms with Gasteiger partial charge in [-0.3, -0.25) is 57.5 Å². The molecule has 7 N–H and O–H groups in total. The normalized spacial score (nSPS) is 17.9. The first-order chi connectivity index (χ1) is 58.0. The van der Waals surface area contributed by atoms with Crippen LogP contribution >= 0.6 is 0 Å². The van der Waals surface area contributed by atoms with E-state index in [0.717, 1.165) is 24.3 Å². The average molecular weight is 1880 g/mol. The molecule has 8 aliphatic heterocycles. The minimum Gasteiger partial charge on any atom is -1.00 e. The number of benzene rings is 4. The number of aromatic hydroxyl groups is 3. The maximum Gasteiger partial charge on any atom is 2.00 e. The summed E-state index contributed by atoms with van der Waals surface area (Å²) in [7, 11) is 1.26. The molecule has 4 saturated heterocycles. The molecule has 12 heterocycles. The van der Waals surface area contributed by atoms with Crippen molar-refractivity contribution in [3.05, 3.63) is 252 Å². The topological polar surface area (TPSA) is 392 Å². The smallest absolute Gasteiger partial charge is 1.00 e. The van der Waals surface area contributed by atoms with Gasteiger partial charge in [0.25, 0.3) is 47.3 Å². The third-order valence-corrected chi connectivity index (χ3v) is 21.2.